The van der Waals surface area contributed by atoms with Crippen molar-refractivity contribution in [3.8, 4) is 0 Å². The van der Waals surface area contributed by atoms with Crippen molar-refractivity contribution in [2.24, 2.45) is 5.92 Å². The minimum Gasteiger partial charge on any atom is -0.390 e. The summed E-state index contributed by atoms with van der Waals surface area (Å²) >= 11 is 1.41. The van der Waals surface area contributed by atoms with Gasteiger partial charge in [0.25, 0.3) is 0 Å². The number of rotatable bonds is 5. The lowest BCUT2D eigenvalue weighted by molar-refractivity contribution is 0.0697. The number of aryl methyl sites for hydroxylation is 1. The molecule has 2 N–H and O–H groups in total. The molecule has 1 saturated carbocycles. The van der Waals surface area contributed by atoms with E-state index in [1.54, 1.807) is 0 Å². The quantitative estimate of drug-likeness (QED) is 0.546. The van der Waals surface area contributed by atoms with Crippen LogP contribution in [0.2, 0.25) is 0 Å². The van der Waals surface area contributed by atoms with Crippen molar-refractivity contribution in [1.82, 2.24) is 9.97 Å². The first-order chi connectivity index (χ1) is 15.9. The van der Waals surface area contributed by atoms with Gasteiger partial charge >= 0.3 is 0 Å². The molecular formula is C25H26FN3O3S. The molecule has 0 bridgehead atoms. The summed E-state index contributed by atoms with van der Waals surface area (Å²) in [6, 6.07) is 9.53. The molecule has 0 radical (unpaired) electrons. The summed E-state index contributed by atoms with van der Waals surface area (Å²) in [5.74, 6) is -0.0984. The average Bonchev–Trinajstić information content (AvgIpc) is 3.33. The summed E-state index contributed by atoms with van der Waals surface area (Å²) in [5, 5.41) is 13.0. The van der Waals surface area contributed by atoms with Gasteiger partial charge in [-0.25, -0.2) is 14.4 Å². The number of carbonyl (C=O) groups excluding carboxylic acids is 1. The number of fused-ring (bicyclic) bond motifs is 1. The van der Waals surface area contributed by atoms with Crippen molar-refractivity contribution in [1.29, 1.82) is 0 Å². The van der Waals surface area contributed by atoms with Crippen molar-refractivity contribution in [3.63, 3.8) is 0 Å². The maximum Gasteiger partial charge on any atom is 0.208 e. The largest absolute Gasteiger partial charge is 0.390 e. The second-order valence-electron chi connectivity index (χ2n) is 8.83. The number of ketones is 1. The maximum absolute atomic E-state index is 14.5. The highest BCUT2D eigenvalue weighted by molar-refractivity contribution is 7.14. The van der Waals surface area contributed by atoms with Crippen LogP contribution in [0.3, 0.4) is 0 Å². The van der Waals surface area contributed by atoms with E-state index < -0.39 is 18.3 Å². The van der Waals surface area contributed by atoms with Crippen LogP contribution in [0.5, 0.6) is 0 Å². The number of aromatic nitrogens is 2. The lowest BCUT2D eigenvalue weighted by atomic mass is 9.93. The molecule has 0 unspecified atom stereocenters. The minimum absolute atomic E-state index is 0.167. The highest BCUT2D eigenvalue weighted by Crippen LogP contribution is 2.38. The van der Waals surface area contributed by atoms with E-state index in [9.17, 15) is 14.3 Å². The standard InChI is InChI=1S/C25H26FN3O3S/c1-13-9-19(21(26)22(13)30)29-25-18(11-27-12-28-25)23(31)20-10-17(14(2)33-20)24-16-6-4-3-5-15(16)7-8-32-24/h3-6,10-13,19,21-22,24,30H,7-9H2,1-2H3,(H,27,28,29)/t13-,19-,21-,22-,24+/m1/s1. The summed E-state index contributed by atoms with van der Waals surface area (Å²) < 4.78 is 20.6. The van der Waals surface area contributed by atoms with Gasteiger partial charge in [-0.3, -0.25) is 4.79 Å². The molecule has 1 fully saturated rings. The SMILES string of the molecule is Cc1sc(C(=O)c2cncnc2N[C@@H]2C[C@@H](C)[C@@H](O)[C@@H]2F)cc1[C@H]1OCCc2ccccc21. The van der Waals surface area contributed by atoms with Gasteiger partial charge in [-0.15, -0.1) is 11.3 Å². The Morgan fingerprint density at radius 3 is 2.91 bits per heavy atom. The molecule has 2 aromatic heterocycles. The number of thiophene rings is 1. The number of halogens is 1. The number of hydrogen-bond donors (Lipinski definition) is 2. The fourth-order valence-electron chi connectivity index (χ4n) is 4.80. The number of aliphatic hydroxyl groups excluding tert-OH is 1. The van der Waals surface area contributed by atoms with Gasteiger partial charge in [0.1, 0.15) is 24.4 Å². The smallest absolute Gasteiger partial charge is 0.208 e. The van der Waals surface area contributed by atoms with E-state index in [-0.39, 0.29) is 29.2 Å². The van der Waals surface area contributed by atoms with E-state index in [4.69, 9.17) is 4.74 Å². The molecule has 6 nitrogen and oxygen atoms in total. The molecule has 0 saturated heterocycles. The third-order valence-corrected chi connectivity index (χ3v) is 7.72. The summed E-state index contributed by atoms with van der Waals surface area (Å²) in [6.45, 7) is 4.44. The Kier molecular flexibility index (Phi) is 5.99. The average molecular weight is 468 g/mol. The zero-order valence-electron chi connectivity index (χ0n) is 18.5. The zero-order valence-corrected chi connectivity index (χ0v) is 19.3. The first-order valence-corrected chi connectivity index (χ1v) is 12.0. The van der Waals surface area contributed by atoms with E-state index in [1.807, 2.05) is 32.0 Å². The Hall–Kier alpha value is -2.68. The Morgan fingerprint density at radius 1 is 1.30 bits per heavy atom. The number of nitrogens with zero attached hydrogens (tertiary/aromatic N) is 2. The summed E-state index contributed by atoms with van der Waals surface area (Å²) in [6.07, 6.45) is 1.48. The molecule has 172 valence electrons. The Balaban J connectivity index is 1.43. The summed E-state index contributed by atoms with van der Waals surface area (Å²) in [4.78, 5) is 23.3. The first-order valence-electron chi connectivity index (χ1n) is 11.2. The molecule has 33 heavy (non-hydrogen) atoms. The number of hydrogen-bond acceptors (Lipinski definition) is 7. The van der Waals surface area contributed by atoms with Crippen molar-refractivity contribution in [2.75, 3.05) is 11.9 Å². The number of alkyl halides is 1. The molecule has 3 aromatic rings. The molecule has 5 atom stereocenters. The van der Waals surface area contributed by atoms with Gasteiger partial charge in [-0.2, -0.15) is 0 Å². The number of carbonyl (C=O) groups is 1. The second-order valence-corrected chi connectivity index (χ2v) is 10.1. The van der Waals surface area contributed by atoms with Crippen LogP contribution >= 0.6 is 11.3 Å². The topological polar surface area (TPSA) is 84.3 Å². The van der Waals surface area contributed by atoms with Crippen molar-refractivity contribution >= 4 is 22.9 Å². The Labute approximate surface area is 195 Å². The van der Waals surface area contributed by atoms with Crippen LogP contribution in [0.25, 0.3) is 0 Å². The minimum atomic E-state index is -1.42. The fraction of sp³-hybridized carbons (Fsp3) is 0.400. The van der Waals surface area contributed by atoms with Crippen LogP contribution in [0.15, 0.2) is 42.9 Å². The third-order valence-electron chi connectivity index (χ3n) is 6.65. The number of anilines is 1. The number of aliphatic hydroxyl groups is 1. The highest BCUT2D eigenvalue weighted by Gasteiger charge is 2.41. The lowest BCUT2D eigenvalue weighted by Crippen LogP contribution is -2.32. The number of nitrogens with one attached hydrogen (secondary N) is 1. The van der Waals surface area contributed by atoms with Gasteiger partial charge in [0.05, 0.1) is 29.2 Å². The predicted molar refractivity (Wildman–Crippen MR) is 125 cm³/mol. The van der Waals surface area contributed by atoms with Gasteiger partial charge in [0.15, 0.2) is 0 Å². The van der Waals surface area contributed by atoms with E-state index in [0.717, 1.165) is 22.4 Å². The lowest BCUT2D eigenvalue weighted by Gasteiger charge is -2.26. The van der Waals surface area contributed by atoms with E-state index >= 15 is 0 Å². The fourth-order valence-corrected chi connectivity index (χ4v) is 5.80. The van der Waals surface area contributed by atoms with Crippen LogP contribution in [-0.4, -0.2) is 45.8 Å². The Morgan fingerprint density at radius 2 is 2.12 bits per heavy atom. The second kappa shape index (κ2) is 8.93. The first kappa shape index (κ1) is 22.1. The molecule has 0 amide bonds. The predicted octanol–water partition coefficient (Wildman–Crippen LogP) is 4.26. The van der Waals surface area contributed by atoms with Gasteiger partial charge in [-0.05, 0) is 48.4 Å². The van der Waals surface area contributed by atoms with Crippen molar-refractivity contribution < 1.29 is 19.0 Å². The van der Waals surface area contributed by atoms with Gasteiger partial charge < -0.3 is 15.2 Å². The Bertz CT molecular complexity index is 1180. The van der Waals surface area contributed by atoms with Crippen LogP contribution in [0.4, 0.5) is 10.2 Å². The molecule has 1 aromatic carbocycles. The van der Waals surface area contributed by atoms with Crippen LogP contribution in [0, 0.1) is 12.8 Å². The molecule has 1 aliphatic heterocycles. The van der Waals surface area contributed by atoms with Crippen LogP contribution in [-0.2, 0) is 11.2 Å². The van der Waals surface area contributed by atoms with Crippen LogP contribution in [0.1, 0.15) is 56.3 Å². The highest BCUT2D eigenvalue weighted by atomic mass is 32.1. The molecule has 0 spiro atoms. The van der Waals surface area contributed by atoms with Gasteiger partial charge in [-0.1, -0.05) is 31.2 Å². The van der Waals surface area contributed by atoms with Crippen molar-refractivity contribution in [2.45, 2.75) is 51.1 Å². The van der Waals surface area contributed by atoms with E-state index in [1.165, 1.54) is 29.4 Å². The molecule has 2 aliphatic rings. The van der Waals surface area contributed by atoms with Crippen LogP contribution < -0.4 is 5.32 Å². The maximum atomic E-state index is 14.5. The third kappa shape index (κ3) is 4.07. The molecule has 1 aliphatic carbocycles. The molecular weight excluding hydrogens is 441 g/mol. The zero-order chi connectivity index (χ0) is 23.1. The summed E-state index contributed by atoms with van der Waals surface area (Å²) in [7, 11) is 0. The number of ether oxygens (including phenoxy) is 1. The normalized spacial score (nSPS) is 26.7. The van der Waals surface area contributed by atoms with E-state index in [2.05, 4.69) is 27.4 Å². The number of benzene rings is 1. The molecule has 8 heteroatoms. The van der Waals surface area contributed by atoms with Gasteiger partial charge in [0.2, 0.25) is 5.78 Å². The molecule has 5 rings (SSSR count). The van der Waals surface area contributed by atoms with Gasteiger partial charge in [0, 0.05) is 11.1 Å². The molecule has 3 heterocycles. The summed E-state index contributed by atoms with van der Waals surface area (Å²) in [5.41, 5.74) is 3.68. The monoisotopic (exact) mass is 467 g/mol. The van der Waals surface area contributed by atoms with E-state index in [0.29, 0.717) is 17.9 Å². The van der Waals surface area contributed by atoms with Crippen molar-refractivity contribution in [3.05, 3.63) is 74.9 Å².